The topological polar surface area (TPSA) is 41.6 Å². The van der Waals surface area contributed by atoms with Crippen molar-refractivity contribution < 1.29 is 9.53 Å². The van der Waals surface area contributed by atoms with E-state index >= 15 is 0 Å². The lowest BCUT2D eigenvalue weighted by molar-refractivity contribution is 0.0169. The van der Waals surface area contributed by atoms with Crippen molar-refractivity contribution in [2.75, 3.05) is 32.8 Å². The average molecular weight is 359 g/mol. The van der Waals surface area contributed by atoms with E-state index in [1.165, 1.54) is 10.4 Å². The number of rotatable bonds is 6. The summed E-state index contributed by atoms with van der Waals surface area (Å²) in [6, 6.07) is 12.3. The number of nitrogens with one attached hydrogen (secondary N) is 1. The van der Waals surface area contributed by atoms with E-state index in [0.29, 0.717) is 12.5 Å². The van der Waals surface area contributed by atoms with Gasteiger partial charge >= 0.3 is 0 Å². The Morgan fingerprint density at radius 3 is 2.52 bits per heavy atom. The molecule has 1 saturated heterocycles. The molecule has 1 aliphatic heterocycles. The molecule has 1 aromatic heterocycles. The van der Waals surface area contributed by atoms with Gasteiger partial charge in [-0.15, -0.1) is 11.3 Å². The van der Waals surface area contributed by atoms with Crippen LogP contribution in [0.2, 0.25) is 0 Å². The van der Waals surface area contributed by atoms with Crippen LogP contribution in [0.15, 0.2) is 41.8 Å². The molecule has 2 heterocycles. The maximum Gasteiger partial charge on any atom is 0.251 e. The zero-order valence-electron chi connectivity index (χ0n) is 14.9. The minimum absolute atomic E-state index is 0.00915. The first kappa shape index (κ1) is 18.1. The molecule has 0 saturated carbocycles. The minimum Gasteiger partial charge on any atom is -0.379 e. The summed E-state index contributed by atoms with van der Waals surface area (Å²) in [5.74, 6) is 0.465. The summed E-state index contributed by atoms with van der Waals surface area (Å²) in [6.45, 7) is 8.25. The maximum absolute atomic E-state index is 12.5. The minimum atomic E-state index is -0.00915. The van der Waals surface area contributed by atoms with Gasteiger partial charge in [-0.3, -0.25) is 9.69 Å². The smallest absolute Gasteiger partial charge is 0.251 e. The highest BCUT2D eigenvalue weighted by molar-refractivity contribution is 7.10. The molecule has 134 valence electrons. The van der Waals surface area contributed by atoms with Crippen molar-refractivity contribution in [3.05, 3.63) is 57.8 Å². The fourth-order valence-electron chi connectivity index (χ4n) is 3.09. The zero-order chi connectivity index (χ0) is 17.6. The standard InChI is InChI=1S/C20H26N2O2S/c1-15(2)16-5-7-17(8-6-16)20(23)21-14-18(19-4-3-13-25-19)22-9-11-24-12-10-22/h3-8,13,15,18H,9-12,14H2,1-2H3,(H,21,23)/t18-/m0/s1. The van der Waals surface area contributed by atoms with Crippen LogP contribution in [-0.4, -0.2) is 43.7 Å². The van der Waals surface area contributed by atoms with E-state index < -0.39 is 0 Å². The third kappa shape index (κ3) is 4.69. The number of benzene rings is 1. The molecule has 2 aromatic rings. The highest BCUT2D eigenvalue weighted by atomic mass is 32.1. The van der Waals surface area contributed by atoms with E-state index in [2.05, 4.69) is 41.6 Å². The molecular formula is C20H26N2O2S. The number of hydrogen-bond acceptors (Lipinski definition) is 4. The monoisotopic (exact) mass is 358 g/mol. The first-order valence-corrected chi connectivity index (χ1v) is 9.76. The summed E-state index contributed by atoms with van der Waals surface area (Å²) >= 11 is 1.74. The Balaban J connectivity index is 1.64. The molecule has 25 heavy (non-hydrogen) atoms. The van der Waals surface area contributed by atoms with Crippen LogP contribution in [0, 0.1) is 0 Å². The lowest BCUT2D eigenvalue weighted by Gasteiger charge is -2.34. The lowest BCUT2D eigenvalue weighted by Crippen LogP contribution is -2.43. The maximum atomic E-state index is 12.5. The number of ether oxygens (including phenoxy) is 1. The lowest BCUT2D eigenvalue weighted by atomic mass is 10.0. The largest absolute Gasteiger partial charge is 0.379 e. The van der Waals surface area contributed by atoms with E-state index in [-0.39, 0.29) is 11.9 Å². The van der Waals surface area contributed by atoms with Crippen molar-refractivity contribution in [2.24, 2.45) is 0 Å². The predicted molar refractivity (Wildman–Crippen MR) is 102 cm³/mol. The quantitative estimate of drug-likeness (QED) is 0.856. The van der Waals surface area contributed by atoms with Crippen LogP contribution < -0.4 is 5.32 Å². The molecule has 1 amide bonds. The molecule has 1 aliphatic rings. The van der Waals surface area contributed by atoms with E-state index in [1.807, 2.05) is 24.3 Å². The summed E-state index contributed by atoms with van der Waals surface area (Å²) in [5, 5.41) is 5.21. The van der Waals surface area contributed by atoms with Gasteiger partial charge in [0.1, 0.15) is 0 Å². The van der Waals surface area contributed by atoms with Gasteiger partial charge in [0.15, 0.2) is 0 Å². The summed E-state index contributed by atoms with van der Waals surface area (Å²) in [7, 11) is 0. The summed E-state index contributed by atoms with van der Waals surface area (Å²) in [4.78, 5) is 16.2. The van der Waals surface area contributed by atoms with Gasteiger partial charge < -0.3 is 10.1 Å². The second-order valence-corrected chi connectivity index (χ2v) is 7.65. The second kappa shape index (κ2) is 8.61. The molecule has 1 N–H and O–H groups in total. The summed E-state index contributed by atoms with van der Waals surface area (Å²) in [5.41, 5.74) is 1.97. The molecule has 0 spiro atoms. The third-order valence-electron chi connectivity index (χ3n) is 4.65. The van der Waals surface area contributed by atoms with E-state index in [9.17, 15) is 4.79 Å². The first-order valence-electron chi connectivity index (χ1n) is 8.88. The first-order chi connectivity index (χ1) is 12.1. The molecule has 5 heteroatoms. The fraction of sp³-hybridized carbons (Fsp3) is 0.450. The molecule has 0 unspecified atom stereocenters. The van der Waals surface area contributed by atoms with Gasteiger partial charge in [0.2, 0.25) is 0 Å². The van der Waals surface area contributed by atoms with Crippen molar-refractivity contribution in [3.8, 4) is 0 Å². The molecule has 1 atom stereocenters. The van der Waals surface area contributed by atoms with Crippen LogP contribution in [0.4, 0.5) is 0 Å². The van der Waals surface area contributed by atoms with Gasteiger partial charge in [0.05, 0.1) is 19.3 Å². The van der Waals surface area contributed by atoms with Crippen molar-refractivity contribution in [2.45, 2.75) is 25.8 Å². The molecule has 0 bridgehead atoms. The predicted octanol–water partition coefficient (Wildman–Crippen LogP) is 3.67. The Hall–Kier alpha value is -1.69. The molecule has 3 rings (SSSR count). The third-order valence-corrected chi connectivity index (χ3v) is 5.63. The second-order valence-electron chi connectivity index (χ2n) is 6.67. The van der Waals surface area contributed by atoms with Crippen LogP contribution in [0.25, 0.3) is 0 Å². The number of carbonyl (C=O) groups excluding carboxylic acids is 1. The number of hydrogen-bond donors (Lipinski definition) is 1. The Kier molecular flexibility index (Phi) is 6.24. The van der Waals surface area contributed by atoms with Crippen LogP contribution in [0.1, 0.15) is 46.6 Å². The summed E-state index contributed by atoms with van der Waals surface area (Å²) in [6.07, 6.45) is 0. The number of carbonyl (C=O) groups is 1. The number of amides is 1. The Labute approximate surface area is 153 Å². The van der Waals surface area contributed by atoms with Crippen LogP contribution in [0.5, 0.6) is 0 Å². The Morgan fingerprint density at radius 2 is 1.92 bits per heavy atom. The van der Waals surface area contributed by atoms with Crippen molar-refractivity contribution in [1.82, 2.24) is 10.2 Å². The van der Waals surface area contributed by atoms with E-state index in [4.69, 9.17) is 4.74 Å². The molecule has 1 aromatic carbocycles. The van der Waals surface area contributed by atoms with Crippen molar-refractivity contribution >= 4 is 17.2 Å². The molecular weight excluding hydrogens is 332 g/mol. The van der Waals surface area contributed by atoms with Gasteiger partial charge in [-0.25, -0.2) is 0 Å². The van der Waals surface area contributed by atoms with Crippen molar-refractivity contribution in [1.29, 1.82) is 0 Å². The van der Waals surface area contributed by atoms with Crippen LogP contribution in [-0.2, 0) is 4.74 Å². The van der Waals surface area contributed by atoms with Gasteiger partial charge in [-0.1, -0.05) is 32.0 Å². The van der Waals surface area contributed by atoms with E-state index in [0.717, 1.165) is 31.9 Å². The Bertz CT molecular complexity index is 662. The normalized spacial score (nSPS) is 16.8. The van der Waals surface area contributed by atoms with E-state index in [1.54, 1.807) is 11.3 Å². The van der Waals surface area contributed by atoms with Gasteiger partial charge in [-0.05, 0) is 35.1 Å². The SMILES string of the molecule is CC(C)c1ccc(C(=O)NC[C@@H](c2cccs2)N2CCOCC2)cc1. The molecule has 4 nitrogen and oxygen atoms in total. The Morgan fingerprint density at radius 1 is 1.20 bits per heavy atom. The summed E-state index contributed by atoms with van der Waals surface area (Å²) < 4.78 is 5.47. The molecule has 0 aliphatic carbocycles. The highest BCUT2D eigenvalue weighted by Crippen LogP contribution is 2.25. The number of morpholine rings is 1. The molecule has 0 radical (unpaired) electrons. The number of thiophene rings is 1. The fourth-order valence-corrected chi connectivity index (χ4v) is 3.95. The number of nitrogens with zero attached hydrogens (tertiary/aromatic N) is 1. The van der Waals surface area contributed by atoms with Gasteiger partial charge in [0.25, 0.3) is 5.91 Å². The van der Waals surface area contributed by atoms with Crippen molar-refractivity contribution in [3.63, 3.8) is 0 Å². The van der Waals surface area contributed by atoms with Gasteiger partial charge in [0, 0.05) is 30.1 Å². The molecule has 1 fully saturated rings. The average Bonchev–Trinajstić information content (AvgIpc) is 3.17. The highest BCUT2D eigenvalue weighted by Gasteiger charge is 2.24. The zero-order valence-corrected chi connectivity index (χ0v) is 15.7. The van der Waals surface area contributed by atoms with Gasteiger partial charge in [-0.2, -0.15) is 0 Å². The van der Waals surface area contributed by atoms with Crippen LogP contribution in [0.3, 0.4) is 0 Å². The van der Waals surface area contributed by atoms with Crippen LogP contribution >= 0.6 is 11.3 Å².